The van der Waals surface area contributed by atoms with E-state index in [9.17, 15) is 9.59 Å². The first-order chi connectivity index (χ1) is 8.06. The smallest absolute Gasteiger partial charge is 0.233 e. The van der Waals surface area contributed by atoms with Crippen molar-refractivity contribution in [3.8, 4) is 6.07 Å². The predicted octanol–water partition coefficient (Wildman–Crippen LogP) is 1.28. The van der Waals surface area contributed by atoms with Crippen LogP contribution in [-0.4, -0.2) is 23.6 Å². The van der Waals surface area contributed by atoms with E-state index in [1.165, 1.54) is 4.90 Å². The van der Waals surface area contributed by atoms with Crippen LogP contribution in [0.4, 0.5) is 0 Å². The summed E-state index contributed by atoms with van der Waals surface area (Å²) in [7, 11) is 1.62. The van der Waals surface area contributed by atoms with Crippen molar-refractivity contribution in [2.75, 3.05) is 7.05 Å². The van der Waals surface area contributed by atoms with Gasteiger partial charge in [0, 0.05) is 7.05 Å². The Labute approximate surface area is 99.5 Å². The zero-order chi connectivity index (χ0) is 12.6. The topological polar surface area (TPSA) is 61.2 Å². The molecule has 1 amide bonds. The second-order valence-electron chi connectivity index (χ2n) is 4.21. The summed E-state index contributed by atoms with van der Waals surface area (Å²) in [6.45, 7) is 1.62. The summed E-state index contributed by atoms with van der Waals surface area (Å²) in [6.07, 6.45) is 0. The molecule has 86 valence electrons. The number of likely N-dealkylation sites (N-methyl/N-ethyl adjacent to an activating group) is 1. The van der Waals surface area contributed by atoms with E-state index in [0.717, 1.165) is 0 Å². The number of hydrogen-bond donors (Lipinski definition) is 0. The van der Waals surface area contributed by atoms with Crippen LogP contribution in [0, 0.1) is 17.2 Å². The lowest BCUT2D eigenvalue weighted by Gasteiger charge is -2.18. The van der Waals surface area contributed by atoms with Gasteiger partial charge >= 0.3 is 0 Å². The molecule has 1 aromatic rings. The van der Waals surface area contributed by atoms with Crippen molar-refractivity contribution in [1.29, 1.82) is 5.26 Å². The first-order valence-corrected chi connectivity index (χ1v) is 5.36. The minimum Gasteiger partial charge on any atom is -0.331 e. The summed E-state index contributed by atoms with van der Waals surface area (Å²) in [5.74, 6) is -0.856. The maximum absolute atomic E-state index is 12.0. The number of nitriles is 1. The minimum absolute atomic E-state index is 0.104. The molecule has 0 saturated carbocycles. The second-order valence-corrected chi connectivity index (χ2v) is 4.21. The number of benzene rings is 1. The van der Waals surface area contributed by atoms with Crippen molar-refractivity contribution in [2.45, 2.75) is 13.0 Å². The number of hydrogen-bond acceptors (Lipinski definition) is 3. The van der Waals surface area contributed by atoms with E-state index < -0.39 is 12.0 Å². The zero-order valence-corrected chi connectivity index (χ0v) is 9.68. The van der Waals surface area contributed by atoms with Gasteiger partial charge in [0.15, 0.2) is 5.78 Å². The van der Waals surface area contributed by atoms with E-state index in [1.807, 2.05) is 6.07 Å². The number of ketones is 1. The Morgan fingerprint density at radius 3 is 2.59 bits per heavy atom. The average molecular weight is 228 g/mol. The molecule has 0 radical (unpaired) electrons. The van der Waals surface area contributed by atoms with E-state index in [4.69, 9.17) is 5.26 Å². The standard InChI is InChI=1S/C13H12N2O2/c1-8-12(16)11(15(2)13(8)17)10-5-3-4-9(6-10)7-14/h3-6,8,11H,1-2H3. The van der Waals surface area contributed by atoms with E-state index in [-0.39, 0.29) is 11.7 Å². The molecule has 4 nitrogen and oxygen atoms in total. The van der Waals surface area contributed by atoms with Gasteiger partial charge in [-0.15, -0.1) is 0 Å². The normalized spacial score (nSPS) is 23.9. The van der Waals surface area contributed by atoms with Gasteiger partial charge in [-0.1, -0.05) is 12.1 Å². The summed E-state index contributed by atoms with van der Waals surface area (Å²) in [5.41, 5.74) is 1.20. The van der Waals surface area contributed by atoms with Crippen molar-refractivity contribution in [1.82, 2.24) is 4.90 Å². The Kier molecular flexibility index (Phi) is 2.68. The number of carbonyl (C=O) groups is 2. The molecule has 1 aromatic carbocycles. The minimum atomic E-state index is -0.587. The van der Waals surface area contributed by atoms with E-state index in [0.29, 0.717) is 11.1 Å². The van der Waals surface area contributed by atoms with Crippen LogP contribution in [0.1, 0.15) is 24.1 Å². The summed E-state index contributed by atoms with van der Waals surface area (Å²) in [5, 5.41) is 8.83. The molecule has 2 rings (SSSR count). The molecule has 1 aliphatic heterocycles. The van der Waals surface area contributed by atoms with E-state index in [1.54, 1.807) is 38.2 Å². The zero-order valence-electron chi connectivity index (χ0n) is 9.68. The Morgan fingerprint density at radius 1 is 1.35 bits per heavy atom. The van der Waals surface area contributed by atoms with Gasteiger partial charge in [-0.05, 0) is 24.6 Å². The molecule has 1 fully saturated rings. The third-order valence-electron chi connectivity index (χ3n) is 3.13. The van der Waals surface area contributed by atoms with Gasteiger partial charge in [-0.2, -0.15) is 5.26 Å². The Morgan fingerprint density at radius 2 is 2.06 bits per heavy atom. The highest BCUT2D eigenvalue weighted by Crippen LogP contribution is 2.31. The van der Waals surface area contributed by atoms with Gasteiger partial charge in [0.05, 0.1) is 17.6 Å². The van der Waals surface area contributed by atoms with Gasteiger partial charge in [0.1, 0.15) is 6.04 Å². The molecular formula is C13H12N2O2. The summed E-state index contributed by atoms with van der Waals surface area (Å²) in [6, 6.07) is 8.30. The van der Waals surface area contributed by atoms with Crippen molar-refractivity contribution < 1.29 is 9.59 Å². The summed E-state index contributed by atoms with van der Waals surface area (Å²) in [4.78, 5) is 25.1. The molecule has 1 heterocycles. The number of carbonyl (C=O) groups excluding carboxylic acids is 2. The fourth-order valence-corrected chi connectivity index (χ4v) is 2.15. The quantitative estimate of drug-likeness (QED) is 0.680. The summed E-state index contributed by atoms with van der Waals surface area (Å²) >= 11 is 0. The highest BCUT2D eigenvalue weighted by atomic mass is 16.2. The molecule has 0 aliphatic carbocycles. The highest BCUT2D eigenvalue weighted by Gasteiger charge is 2.43. The monoisotopic (exact) mass is 228 g/mol. The van der Waals surface area contributed by atoms with Crippen molar-refractivity contribution in [2.24, 2.45) is 5.92 Å². The van der Waals surface area contributed by atoms with Gasteiger partial charge in [0.2, 0.25) is 5.91 Å². The number of amides is 1. The lowest BCUT2D eigenvalue weighted by Crippen LogP contribution is -2.24. The molecule has 4 heteroatoms. The Hall–Kier alpha value is -2.15. The molecule has 0 bridgehead atoms. The van der Waals surface area contributed by atoms with Crippen LogP contribution >= 0.6 is 0 Å². The number of likely N-dealkylation sites (tertiary alicyclic amines) is 1. The van der Waals surface area contributed by atoms with Crippen molar-refractivity contribution in [3.05, 3.63) is 35.4 Å². The SMILES string of the molecule is CC1C(=O)C(c2cccc(C#N)c2)N(C)C1=O. The van der Waals surface area contributed by atoms with Crippen LogP contribution in [-0.2, 0) is 9.59 Å². The van der Waals surface area contributed by atoms with Crippen LogP contribution in [0.5, 0.6) is 0 Å². The number of Topliss-reactive ketones (excluding diaryl/α,β-unsaturated/α-hetero) is 1. The average Bonchev–Trinajstić information content (AvgIpc) is 2.54. The van der Waals surface area contributed by atoms with Crippen LogP contribution in [0.3, 0.4) is 0 Å². The van der Waals surface area contributed by atoms with Gasteiger partial charge in [-0.3, -0.25) is 9.59 Å². The fraction of sp³-hybridized carbons (Fsp3) is 0.308. The molecule has 2 unspecified atom stereocenters. The van der Waals surface area contributed by atoms with Gasteiger partial charge < -0.3 is 4.90 Å². The Bertz CT molecular complexity index is 530. The van der Waals surface area contributed by atoms with Crippen LogP contribution in [0.15, 0.2) is 24.3 Å². The lowest BCUT2D eigenvalue weighted by atomic mass is 9.98. The molecule has 1 aliphatic rings. The predicted molar refractivity (Wildman–Crippen MR) is 60.8 cm³/mol. The Balaban J connectivity index is 2.44. The molecule has 17 heavy (non-hydrogen) atoms. The third-order valence-corrected chi connectivity index (χ3v) is 3.13. The van der Waals surface area contributed by atoms with Crippen LogP contribution in [0.2, 0.25) is 0 Å². The number of rotatable bonds is 1. The summed E-state index contributed by atoms with van der Waals surface area (Å²) < 4.78 is 0. The highest BCUT2D eigenvalue weighted by molar-refractivity contribution is 6.10. The molecule has 1 saturated heterocycles. The largest absolute Gasteiger partial charge is 0.331 e. The molecular weight excluding hydrogens is 216 g/mol. The van der Waals surface area contributed by atoms with Crippen molar-refractivity contribution >= 4 is 11.7 Å². The molecule has 0 N–H and O–H groups in total. The molecule has 2 atom stereocenters. The van der Waals surface area contributed by atoms with Crippen molar-refractivity contribution in [3.63, 3.8) is 0 Å². The van der Waals surface area contributed by atoms with Crippen LogP contribution in [0.25, 0.3) is 0 Å². The molecule has 0 aromatic heterocycles. The van der Waals surface area contributed by atoms with E-state index in [2.05, 4.69) is 0 Å². The second kappa shape index (κ2) is 4.02. The maximum Gasteiger partial charge on any atom is 0.233 e. The third kappa shape index (κ3) is 1.70. The van der Waals surface area contributed by atoms with Gasteiger partial charge in [0.25, 0.3) is 0 Å². The fourth-order valence-electron chi connectivity index (χ4n) is 2.15. The first kappa shape index (κ1) is 11.3. The van der Waals surface area contributed by atoms with Crippen LogP contribution < -0.4 is 0 Å². The van der Waals surface area contributed by atoms with E-state index >= 15 is 0 Å². The first-order valence-electron chi connectivity index (χ1n) is 5.36. The number of nitrogens with zero attached hydrogens (tertiary/aromatic N) is 2. The molecule has 0 spiro atoms. The van der Waals surface area contributed by atoms with Gasteiger partial charge in [-0.25, -0.2) is 0 Å². The lowest BCUT2D eigenvalue weighted by molar-refractivity contribution is -0.130. The maximum atomic E-state index is 12.0.